The Kier molecular flexibility index (Phi) is 3.28. The third-order valence-corrected chi connectivity index (χ3v) is 4.06. The third kappa shape index (κ3) is 2.25. The van der Waals surface area contributed by atoms with Crippen LogP contribution >= 0.6 is 0 Å². The molecule has 2 fully saturated rings. The lowest BCUT2D eigenvalue weighted by Gasteiger charge is -2.41. The van der Waals surface area contributed by atoms with Gasteiger partial charge in [-0.25, -0.2) is 0 Å². The van der Waals surface area contributed by atoms with Crippen LogP contribution in [0.3, 0.4) is 0 Å². The van der Waals surface area contributed by atoms with Crippen LogP contribution in [-0.4, -0.2) is 41.5 Å². The largest absolute Gasteiger partial charge is 0.337 e. The van der Waals surface area contributed by atoms with E-state index in [0.29, 0.717) is 17.7 Å². The second kappa shape index (κ2) is 5.06. The first-order valence-electron chi connectivity index (χ1n) is 6.78. The number of carbonyl (C=O) groups is 1. The molecule has 0 spiro atoms. The fourth-order valence-electron chi connectivity index (χ4n) is 3.08. The van der Waals surface area contributed by atoms with Gasteiger partial charge < -0.3 is 10.2 Å². The Balaban J connectivity index is 1.69. The summed E-state index contributed by atoms with van der Waals surface area (Å²) >= 11 is 0. The van der Waals surface area contributed by atoms with E-state index in [1.54, 1.807) is 12.3 Å². The lowest BCUT2D eigenvalue weighted by molar-refractivity contribution is 0.0587. The lowest BCUT2D eigenvalue weighted by atomic mass is 9.85. The van der Waals surface area contributed by atoms with Crippen molar-refractivity contribution in [3.63, 3.8) is 0 Å². The van der Waals surface area contributed by atoms with Gasteiger partial charge >= 0.3 is 0 Å². The normalized spacial score (nSPS) is 27.7. The molecule has 0 bridgehead atoms. The molecule has 4 nitrogen and oxygen atoms in total. The maximum atomic E-state index is 12.3. The molecule has 1 N–H and O–H groups in total. The molecule has 2 saturated heterocycles. The summed E-state index contributed by atoms with van der Waals surface area (Å²) in [6.45, 7) is 2.87. The molecule has 1 aromatic rings. The van der Waals surface area contributed by atoms with Crippen molar-refractivity contribution >= 4 is 5.91 Å². The van der Waals surface area contributed by atoms with Crippen molar-refractivity contribution in [1.82, 2.24) is 15.2 Å². The molecule has 1 amide bonds. The zero-order valence-corrected chi connectivity index (χ0v) is 10.5. The average molecular weight is 245 g/mol. The van der Waals surface area contributed by atoms with Crippen LogP contribution in [0.1, 0.15) is 29.8 Å². The van der Waals surface area contributed by atoms with E-state index in [1.807, 2.05) is 17.0 Å². The molecule has 2 aliphatic heterocycles. The van der Waals surface area contributed by atoms with Gasteiger partial charge in [0, 0.05) is 25.3 Å². The smallest absolute Gasteiger partial charge is 0.272 e. The Bertz CT molecular complexity index is 420. The van der Waals surface area contributed by atoms with Crippen molar-refractivity contribution in [3.05, 3.63) is 30.1 Å². The minimum atomic E-state index is 0.0830. The van der Waals surface area contributed by atoms with Gasteiger partial charge in [0.15, 0.2) is 0 Å². The topological polar surface area (TPSA) is 45.2 Å². The summed E-state index contributed by atoms with van der Waals surface area (Å²) in [6, 6.07) is 6.13. The quantitative estimate of drug-likeness (QED) is 0.811. The maximum absolute atomic E-state index is 12.3. The van der Waals surface area contributed by atoms with Gasteiger partial charge in [0.25, 0.3) is 5.91 Å². The standard InChI is InChI=1S/C14H19N3O/c18-14(13-5-1-2-7-16-13)17-9-6-12-11(10-17)4-3-8-15-12/h1-2,5,7,11-12,15H,3-4,6,8-10H2/t11-,12+/m0/s1. The van der Waals surface area contributed by atoms with Crippen LogP contribution < -0.4 is 5.32 Å². The van der Waals surface area contributed by atoms with Crippen molar-refractivity contribution in [2.24, 2.45) is 5.92 Å². The van der Waals surface area contributed by atoms with Crippen molar-refractivity contribution in [2.75, 3.05) is 19.6 Å². The van der Waals surface area contributed by atoms with E-state index in [-0.39, 0.29) is 5.91 Å². The number of carbonyl (C=O) groups excluding carboxylic acids is 1. The number of hydrogen-bond acceptors (Lipinski definition) is 3. The molecule has 4 heteroatoms. The molecule has 2 atom stereocenters. The van der Waals surface area contributed by atoms with Gasteiger partial charge in [-0.1, -0.05) is 6.07 Å². The lowest BCUT2D eigenvalue weighted by Crippen LogP contribution is -2.53. The summed E-state index contributed by atoms with van der Waals surface area (Å²) in [4.78, 5) is 18.4. The van der Waals surface area contributed by atoms with Crippen LogP contribution in [-0.2, 0) is 0 Å². The summed E-state index contributed by atoms with van der Waals surface area (Å²) in [5, 5.41) is 3.57. The number of aromatic nitrogens is 1. The monoisotopic (exact) mass is 245 g/mol. The first-order chi connectivity index (χ1) is 8.84. The van der Waals surface area contributed by atoms with E-state index in [2.05, 4.69) is 10.3 Å². The van der Waals surface area contributed by atoms with Crippen LogP contribution in [0.4, 0.5) is 0 Å². The van der Waals surface area contributed by atoms with Crippen molar-refractivity contribution < 1.29 is 4.79 Å². The highest BCUT2D eigenvalue weighted by Crippen LogP contribution is 2.25. The van der Waals surface area contributed by atoms with Crippen LogP contribution in [0.15, 0.2) is 24.4 Å². The molecule has 96 valence electrons. The van der Waals surface area contributed by atoms with E-state index in [0.717, 1.165) is 26.1 Å². The van der Waals surface area contributed by atoms with Crippen LogP contribution in [0.2, 0.25) is 0 Å². The molecule has 0 unspecified atom stereocenters. The van der Waals surface area contributed by atoms with Crippen LogP contribution in [0, 0.1) is 5.92 Å². The molecule has 18 heavy (non-hydrogen) atoms. The number of fused-ring (bicyclic) bond motifs is 1. The van der Waals surface area contributed by atoms with Gasteiger partial charge in [0.05, 0.1) is 0 Å². The fraction of sp³-hybridized carbons (Fsp3) is 0.571. The highest BCUT2D eigenvalue weighted by molar-refractivity contribution is 5.92. The number of amides is 1. The van der Waals surface area contributed by atoms with Gasteiger partial charge in [0.2, 0.25) is 0 Å². The fourth-order valence-corrected chi connectivity index (χ4v) is 3.08. The highest BCUT2D eigenvalue weighted by Gasteiger charge is 2.33. The van der Waals surface area contributed by atoms with E-state index < -0.39 is 0 Å². The van der Waals surface area contributed by atoms with Gasteiger partial charge in [-0.05, 0) is 43.9 Å². The summed E-state index contributed by atoms with van der Waals surface area (Å²) in [7, 11) is 0. The van der Waals surface area contributed by atoms with Crippen LogP contribution in [0.25, 0.3) is 0 Å². The average Bonchev–Trinajstić information content (AvgIpc) is 2.47. The summed E-state index contributed by atoms with van der Waals surface area (Å²) < 4.78 is 0. The number of rotatable bonds is 1. The molecule has 0 radical (unpaired) electrons. The summed E-state index contributed by atoms with van der Waals surface area (Å²) in [5.41, 5.74) is 0.569. The van der Waals surface area contributed by atoms with Crippen LogP contribution in [0.5, 0.6) is 0 Å². The number of pyridine rings is 1. The van der Waals surface area contributed by atoms with Crippen molar-refractivity contribution in [1.29, 1.82) is 0 Å². The molecular weight excluding hydrogens is 226 g/mol. The van der Waals surface area contributed by atoms with Gasteiger partial charge in [-0.3, -0.25) is 9.78 Å². The predicted octanol–water partition coefficient (Wildman–Crippen LogP) is 1.30. The minimum absolute atomic E-state index is 0.0830. The summed E-state index contributed by atoms with van der Waals surface area (Å²) in [5.74, 6) is 0.708. The minimum Gasteiger partial charge on any atom is -0.337 e. The Morgan fingerprint density at radius 3 is 3.17 bits per heavy atom. The highest BCUT2D eigenvalue weighted by atomic mass is 16.2. The molecule has 2 aliphatic rings. The number of nitrogens with zero attached hydrogens (tertiary/aromatic N) is 2. The zero-order chi connectivity index (χ0) is 12.4. The number of likely N-dealkylation sites (tertiary alicyclic amines) is 1. The second-order valence-electron chi connectivity index (χ2n) is 5.22. The van der Waals surface area contributed by atoms with Gasteiger partial charge in [-0.15, -0.1) is 0 Å². The number of nitrogens with one attached hydrogen (secondary N) is 1. The first kappa shape index (κ1) is 11.7. The Labute approximate surface area is 107 Å². The van der Waals surface area contributed by atoms with E-state index in [4.69, 9.17) is 0 Å². The maximum Gasteiger partial charge on any atom is 0.272 e. The molecule has 3 heterocycles. The molecule has 3 rings (SSSR count). The number of hydrogen-bond donors (Lipinski definition) is 1. The predicted molar refractivity (Wildman–Crippen MR) is 69.3 cm³/mol. The molecule has 0 aliphatic carbocycles. The molecule has 0 aromatic carbocycles. The second-order valence-corrected chi connectivity index (χ2v) is 5.22. The first-order valence-corrected chi connectivity index (χ1v) is 6.78. The van der Waals surface area contributed by atoms with E-state index in [1.165, 1.54) is 12.8 Å². The summed E-state index contributed by atoms with van der Waals surface area (Å²) in [6.07, 6.45) is 5.22. The third-order valence-electron chi connectivity index (χ3n) is 4.06. The Morgan fingerprint density at radius 1 is 1.39 bits per heavy atom. The SMILES string of the molecule is O=C(c1ccccn1)N1CC[C@H]2NCCC[C@H]2C1. The van der Waals surface area contributed by atoms with Crippen molar-refractivity contribution in [2.45, 2.75) is 25.3 Å². The van der Waals surface area contributed by atoms with E-state index >= 15 is 0 Å². The van der Waals surface area contributed by atoms with Crippen molar-refractivity contribution in [3.8, 4) is 0 Å². The molecular formula is C14H19N3O. The number of piperidine rings is 2. The Hall–Kier alpha value is -1.42. The molecule has 0 saturated carbocycles. The Morgan fingerprint density at radius 2 is 2.33 bits per heavy atom. The molecule has 1 aromatic heterocycles. The van der Waals surface area contributed by atoms with Gasteiger partial charge in [-0.2, -0.15) is 0 Å². The zero-order valence-electron chi connectivity index (χ0n) is 10.5. The van der Waals surface area contributed by atoms with E-state index in [9.17, 15) is 4.79 Å². The van der Waals surface area contributed by atoms with Gasteiger partial charge in [0.1, 0.15) is 5.69 Å².